The third kappa shape index (κ3) is 3.85. The zero-order valence-electron chi connectivity index (χ0n) is 10.9. The van der Waals surface area contributed by atoms with Gasteiger partial charge in [-0.3, -0.25) is 4.79 Å². The lowest BCUT2D eigenvalue weighted by Crippen LogP contribution is -2.27. The van der Waals surface area contributed by atoms with Crippen molar-refractivity contribution < 1.29 is 13.6 Å². The molecule has 0 bridgehead atoms. The number of ketones is 1. The normalized spacial score (nSPS) is 22.2. The van der Waals surface area contributed by atoms with E-state index in [-0.39, 0.29) is 31.0 Å². The van der Waals surface area contributed by atoms with Gasteiger partial charge in [0.05, 0.1) is 0 Å². The van der Waals surface area contributed by atoms with Gasteiger partial charge in [-0.05, 0) is 43.4 Å². The van der Waals surface area contributed by atoms with E-state index in [2.05, 4.69) is 15.9 Å². The molecule has 1 aliphatic carbocycles. The molecule has 0 aromatic heterocycles. The van der Waals surface area contributed by atoms with Crippen LogP contribution in [0.15, 0.2) is 22.7 Å². The SMILES string of the molecule is Cc1ccc(Br)cc1C(=O)CC1CCCC(F)(F)C1. The number of rotatable bonds is 3. The molecule has 4 heteroatoms. The van der Waals surface area contributed by atoms with Crippen LogP contribution in [0.3, 0.4) is 0 Å². The van der Waals surface area contributed by atoms with Gasteiger partial charge in [-0.25, -0.2) is 8.78 Å². The fourth-order valence-corrected chi connectivity index (χ4v) is 3.08. The van der Waals surface area contributed by atoms with Crippen LogP contribution in [-0.4, -0.2) is 11.7 Å². The van der Waals surface area contributed by atoms with Crippen molar-refractivity contribution in [2.24, 2.45) is 5.92 Å². The Labute approximate surface area is 120 Å². The van der Waals surface area contributed by atoms with E-state index in [0.717, 1.165) is 16.5 Å². The molecule has 0 spiro atoms. The van der Waals surface area contributed by atoms with Crippen LogP contribution in [0, 0.1) is 12.8 Å². The van der Waals surface area contributed by atoms with E-state index in [1.54, 1.807) is 6.07 Å². The Balaban J connectivity index is 2.06. The summed E-state index contributed by atoms with van der Waals surface area (Å²) in [6.07, 6.45) is 1.29. The molecule has 1 aliphatic rings. The highest BCUT2D eigenvalue weighted by atomic mass is 79.9. The molecule has 1 atom stereocenters. The van der Waals surface area contributed by atoms with Crippen molar-refractivity contribution in [1.29, 1.82) is 0 Å². The fraction of sp³-hybridized carbons (Fsp3) is 0.533. The number of benzene rings is 1. The molecule has 1 fully saturated rings. The third-order valence-electron chi connectivity index (χ3n) is 3.72. The van der Waals surface area contributed by atoms with Gasteiger partial charge in [0.25, 0.3) is 0 Å². The number of carbonyl (C=O) groups is 1. The summed E-state index contributed by atoms with van der Waals surface area (Å²) < 4.78 is 27.5. The fourth-order valence-electron chi connectivity index (χ4n) is 2.72. The summed E-state index contributed by atoms with van der Waals surface area (Å²) in [7, 11) is 0. The summed E-state index contributed by atoms with van der Waals surface area (Å²) in [5.74, 6) is -2.80. The molecular weight excluding hydrogens is 314 g/mol. The van der Waals surface area contributed by atoms with Gasteiger partial charge in [-0.1, -0.05) is 22.0 Å². The van der Waals surface area contributed by atoms with Crippen molar-refractivity contribution in [3.05, 3.63) is 33.8 Å². The first-order chi connectivity index (χ1) is 8.87. The second-order valence-corrected chi connectivity index (χ2v) is 6.32. The van der Waals surface area contributed by atoms with E-state index < -0.39 is 5.92 Å². The molecule has 0 N–H and O–H groups in total. The quantitative estimate of drug-likeness (QED) is 0.700. The molecule has 19 heavy (non-hydrogen) atoms. The highest BCUT2D eigenvalue weighted by molar-refractivity contribution is 9.10. The molecule has 0 amide bonds. The maximum absolute atomic E-state index is 13.3. The van der Waals surface area contributed by atoms with Crippen LogP contribution in [0.1, 0.15) is 48.0 Å². The van der Waals surface area contributed by atoms with Gasteiger partial charge in [-0.15, -0.1) is 0 Å². The number of hydrogen-bond donors (Lipinski definition) is 0. The van der Waals surface area contributed by atoms with Crippen LogP contribution in [0.4, 0.5) is 8.78 Å². The van der Waals surface area contributed by atoms with E-state index >= 15 is 0 Å². The Kier molecular flexibility index (Phi) is 4.39. The van der Waals surface area contributed by atoms with Crippen LogP contribution < -0.4 is 0 Å². The van der Waals surface area contributed by atoms with Crippen LogP contribution >= 0.6 is 15.9 Å². The Morgan fingerprint density at radius 2 is 2.21 bits per heavy atom. The molecular formula is C15H17BrF2O. The van der Waals surface area contributed by atoms with E-state index in [1.165, 1.54) is 0 Å². The number of aryl methyl sites for hydroxylation is 1. The average Bonchev–Trinajstić information content (AvgIpc) is 2.31. The summed E-state index contributed by atoms with van der Waals surface area (Å²) in [6, 6.07) is 5.52. The lowest BCUT2D eigenvalue weighted by Gasteiger charge is -2.28. The van der Waals surface area contributed by atoms with E-state index in [0.29, 0.717) is 12.0 Å². The molecule has 1 unspecified atom stereocenters. The smallest absolute Gasteiger partial charge is 0.248 e. The standard InChI is InChI=1S/C15H17BrF2O/c1-10-4-5-12(16)8-13(10)14(19)7-11-3-2-6-15(17,18)9-11/h4-5,8,11H,2-3,6-7,9H2,1H3. The first kappa shape index (κ1) is 14.6. The molecule has 104 valence electrons. The number of Topliss-reactive ketones (excluding diaryl/α,β-unsaturated/α-hetero) is 1. The number of halogens is 3. The first-order valence-corrected chi connectivity index (χ1v) is 7.34. The minimum Gasteiger partial charge on any atom is -0.294 e. The Bertz CT molecular complexity index is 485. The predicted octanol–water partition coefficient (Wildman–Crippen LogP) is 5.16. The van der Waals surface area contributed by atoms with Crippen molar-refractivity contribution in [2.75, 3.05) is 0 Å². The van der Waals surface area contributed by atoms with Gasteiger partial charge in [0.2, 0.25) is 5.92 Å². The van der Waals surface area contributed by atoms with Crippen LogP contribution in [-0.2, 0) is 0 Å². The van der Waals surface area contributed by atoms with Gasteiger partial charge in [0, 0.05) is 29.3 Å². The van der Waals surface area contributed by atoms with Crippen molar-refractivity contribution in [3.63, 3.8) is 0 Å². The molecule has 0 radical (unpaired) electrons. The van der Waals surface area contributed by atoms with Crippen molar-refractivity contribution in [2.45, 2.75) is 45.0 Å². The second kappa shape index (κ2) is 5.70. The third-order valence-corrected chi connectivity index (χ3v) is 4.21. The van der Waals surface area contributed by atoms with E-state index in [4.69, 9.17) is 0 Å². The van der Waals surface area contributed by atoms with E-state index in [9.17, 15) is 13.6 Å². The Hall–Kier alpha value is -0.770. The molecule has 1 saturated carbocycles. The van der Waals surface area contributed by atoms with Gasteiger partial charge in [0.1, 0.15) is 0 Å². The highest BCUT2D eigenvalue weighted by Crippen LogP contribution is 2.38. The lowest BCUT2D eigenvalue weighted by molar-refractivity contribution is -0.0521. The summed E-state index contributed by atoms with van der Waals surface area (Å²) in [4.78, 5) is 12.2. The van der Waals surface area contributed by atoms with Gasteiger partial charge < -0.3 is 0 Å². The van der Waals surface area contributed by atoms with Crippen molar-refractivity contribution >= 4 is 21.7 Å². The zero-order valence-corrected chi connectivity index (χ0v) is 12.5. The molecule has 0 heterocycles. The van der Waals surface area contributed by atoms with Crippen molar-refractivity contribution in [1.82, 2.24) is 0 Å². The van der Waals surface area contributed by atoms with Crippen LogP contribution in [0.25, 0.3) is 0 Å². The maximum Gasteiger partial charge on any atom is 0.248 e. The van der Waals surface area contributed by atoms with Crippen molar-refractivity contribution in [3.8, 4) is 0 Å². The highest BCUT2D eigenvalue weighted by Gasteiger charge is 2.36. The van der Waals surface area contributed by atoms with E-state index in [1.807, 2.05) is 19.1 Å². The molecule has 0 saturated heterocycles. The number of hydrogen-bond acceptors (Lipinski definition) is 1. The summed E-state index contributed by atoms with van der Waals surface area (Å²) >= 11 is 3.34. The minimum absolute atomic E-state index is 0.0264. The zero-order chi connectivity index (χ0) is 14.0. The summed E-state index contributed by atoms with van der Waals surface area (Å²) in [5.41, 5.74) is 1.54. The topological polar surface area (TPSA) is 17.1 Å². The van der Waals surface area contributed by atoms with Gasteiger partial charge in [-0.2, -0.15) is 0 Å². The monoisotopic (exact) mass is 330 g/mol. The lowest BCUT2D eigenvalue weighted by atomic mass is 9.82. The molecule has 0 aliphatic heterocycles. The summed E-state index contributed by atoms with van der Waals surface area (Å²) in [6.45, 7) is 1.87. The molecule has 1 aromatic rings. The largest absolute Gasteiger partial charge is 0.294 e. The van der Waals surface area contributed by atoms with Gasteiger partial charge >= 0.3 is 0 Å². The summed E-state index contributed by atoms with van der Waals surface area (Å²) in [5, 5.41) is 0. The van der Waals surface area contributed by atoms with Crippen LogP contribution in [0.2, 0.25) is 0 Å². The molecule has 1 nitrogen and oxygen atoms in total. The Morgan fingerprint density at radius 3 is 2.89 bits per heavy atom. The Morgan fingerprint density at radius 1 is 1.47 bits per heavy atom. The maximum atomic E-state index is 13.3. The number of carbonyl (C=O) groups excluding carboxylic acids is 1. The first-order valence-electron chi connectivity index (χ1n) is 6.54. The number of alkyl halides is 2. The van der Waals surface area contributed by atoms with Gasteiger partial charge in [0.15, 0.2) is 5.78 Å². The molecule has 2 rings (SSSR count). The molecule has 1 aromatic carbocycles. The predicted molar refractivity (Wildman–Crippen MR) is 74.7 cm³/mol. The second-order valence-electron chi connectivity index (χ2n) is 5.40. The average molecular weight is 331 g/mol. The minimum atomic E-state index is -2.59. The van der Waals surface area contributed by atoms with Crippen LogP contribution in [0.5, 0.6) is 0 Å².